The second-order valence-corrected chi connectivity index (χ2v) is 4.67. The molecule has 0 saturated heterocycles. The van der Waals surface area contributed by atoms with Crippen molar-refractivity contribution in [2.45, 2.75) is 12.8 Å². The Kier molecular flexibility index (Phi) is 6.10. The number of nitrogens with two attached hydrogens (primary N) is 1. The maximum absolute atomic E-state index is 5.55. The summed E-state index contributed by atoms with van der Waals surface area (Å²) in [6.07, 6.45) is 7.63. The van der Waals surface area contributed by atoms with Crippen LogP contribution in [0.3, 0.4) is 0 Å². The molecule has 0 spiro atoms. The van der Waals surface area contributed by atoms with Crippen LogP contribution in [0.25, 0.3) is 0 Å². The third-order valence-electron chi connectivity index (χ3n) is 2.00. The molecule has 0 aliphatic rings. The zero-order valence-electron chi connectivity index (χ0n) is 9.27. The molecule has 0 fully saturated rings. The van der Waals surface area contributed by atoms with Crippen LogP contribution in [0.5, 0.6) is 0 Å². The quantitative estimate of drug-likeness (QED) is 0.571. The summed E-state index contributed by atoms with van der Waals surface area (Å²) >= 11 is 6.76. The van der Waals surface area contributed by atoms with Gasteiger partial charge in [-0.1, -0.05) is 12.2 Å². The molecule has 1 heterocycles. The molecule has 0 unspecified atom stereocenters. The van der Waals surface area contributed by atoms with Crippen molar-refractivity contribution in [2.75, 3.05) is 23.9 Å². The first kappa shape index (κ1) is 13.2. The minimum atomic E-state index is 0.278. The van der Waals surface area contributed by atoms with Crippen LogP contribution in [0, 0.1) is 0 Å². The molecule has 0 atom stereocenters. The summed E-state index contributed by atoms with van der Waals surface area (Å²) in [6.45, 7) is 0.870. The van der Waals surface area contributed by atoms with E-state index >= 15 is 0 Å². The summed E-state index contributed by atoms with van der Waals surface area (Å²) in [5.74, 6) is 1.86. The van der Waals surface area contributed by atoms with Crippen LogP contribution < -0.4 is 11.1 Å². The molecule has 0 aliphatic carbocycles. The maximum atomic E-state index is 5.55. The minimum Gasteiger partial charge on any atom is -0.388 e. The Morgan fingerprint density at radius 3 is 2.88 bits per heavy atom. The van der Waals surface area contributed by atoms with Crippen LogP contribution in [0.2, 0.25) is 0 Å². The minimum absolute atomic E-state index is 0.278. The first-order valence-corrected chi connectivity index (χ1v) is 6.89. The van der Waals surface area contributed by atoms with Crippen molar-refractivity contribution in [2.24, 2.45) is 5.73 Å². The highest BCUT2D eigenvalue weighted by Crippen LogP contribution is 2.08. The average molecular weight is 256 g/mol. The van der Waals surface area contributed by atoms with Gasteiger partial charge in [-0.25, -0.2) is 9.97 Å². The number of nitrogens with one attached hydrogen (secondary N) is 1. The van der Waals surface area contributed by atoms with Gasteiger partial charge in [0.15, 0.2) is 5.82 Å². The van der Waals surface area contributed by atoms with Crippen LogP contribution in [-0.4, -0.2) is 33.5 Å². The molecule has 0 amide bonds. The zero-order chi connectivity index (χ0) is 11.8. The molecule has 3 N–H and O–H groups in total. The molecule has 0 bridgehead atoms. The van der Waals surface area contributed by atoms with Crippen molar-refractivity contribution in [3.8, 4) is 0 Å². The highest BCUT2D eigenvalue weighted by Gasteiger charge is 2.06. The summed E-state index contributed by atoms with van der Waals surface area (Å²) in [5.41, 5.74) is 6.12. The summed E-state index contributed by atoms with van der Waals surface area (Å²) in [4.78, 5) is 8.55. The number of thiocarbonyl (C=S) groups is 1. The fourth-order valence-corrected chi connectivity index (χ4v) is 1.87. The molecule has 6 heteroatoms. The van der Waals surface area contributed by atoms with Gasteiger partial charge in [-0.2, -0.15) is 11.8 Å². The van der Waals surface area contributed by atoms with E-state index in [1.54, 1.807) is 12.4 Å². The Morgan fingerprint density at radius 2 is 2.19 bits per heavy atom. The fraction of sp³-hybridized carbons (Fsp3) is 0.500. The molecular weight excluding hydrogens is 240 g/mol. The largest absolute Gasteiger partial charge is 0.388 e. The highest BCUT2D eigenvalue weighted by molar-refractivity contribution is 7.98. The van der Waals surface area contributed by atoms with Crippen molar-refractivity contribution in [1.29, 1.82) is 0 Å². The van der Waals surface area contributed by atoms with Gasteiger partial charge in [0.25, 0.3) is 0 Å². The van der Waals surface area contributed by atoms with Gasteiger partial charge in [0.05, 0.1) is 0 Å². The van der Waals surface area contributed by atoms with Gasteiger partial charge in [-0.05, 0) is 24.9 Å². The smallest absolute Gasteiger partial charge is 0.155 e. The monoisotopic (exact) mass is 256 g/mol. The summed E-state index contributed by atoms with van der Waals surface area (Å²) in [6, 6.07) is 0. The van der Waals surface area contributed by atoms with Crippen LogP contribution in [-0.2, 0) is 0 Å². The molecule has 4 nitrogen and oxygen atoms in total. The predicted molar refractivity (Wildman–Crippen MR) is 74.0 cm³/mol. The van der Waals surface area contributed by atoms with E-state index in [-0.39, 0.29) is 4.99 Å². The molecule has 0 aromatic carbocycles. The zero-order valence-corrected chi connectivity index (χ0v) is 10.9. The predicted octanol–water partition coefficient (Wildman–Crippen LogP) is 1.67. The van der Waals surface area contributed by atoms with E-state index in [0.29, 0.717) is 11.5 Å². The Balaban J connectivity index is 2.44. The second kappa shape index (κ2) is 7.40. The van der Waals surface area contributed by atoms with Gasteiger partial charge in [0.2, 0.25) is 0 Å². The lowest BCUT2D eigenvalue weighted by atomic mass is 10.3. The maximum Gasteiger partial charge on any atom is 0.155 e. The van der Waals surface area contributed by atoms with Crippen LogP contribution in [0.1, 0.15) is 18.5 Å². The van der Waals surface area contributed by atoms with Crippen molar-refractivity contribution in [1.82, 2.24) is 9.97 Å². The fourth-order valence-electron chi connectivity index (χ4n) is 1.23. The number of nitrogens with zero attached hydrogens (tertiary/aromatic N) is 2. The first-order valence-electron chi connectivity index (χ1n) is 5.09. The summed E-state index contributed by atoms with van der Waals surface area (Å²) in [5, 5.41) is 3.20. The first-order chi connectivity index (χ1) is 7.75. The molecule has 16 heavy (non-hydrogen) atoms. The molecule has 88 valence electrons. The second-order valence-electron chi connectivity index (χ2n) is 3.24. The van der Waals surface area contributed by atoms with Gasteiger partial charge in [-0.3, -0.25) is 0 Å². The number of aromatic nitrogens is 2. The molecule has 0 aliphatic heterocycles. The van der Waals surface area contributed by atoms with Gasteiger partial charge < -0.3 is 11.1 Å². The van der Waals surface area contributed by atoms with E-state index < -0.39 is 0 Å². The highest BCUT2D eigenvalue weighted by atomic mass is 32.2. The van der Waals surface area contributed by atoms with E-state index in [2.05, 4.69) is 21.5 Å². The van der Waals surface area contributed by atoms with E-state index in [9.17, 15) is 0 Å². The lowest BCUT2D eigenvalue weighted by Gasteiger charge is -2.08. The number of hydrogen-bond acceptors (Lipinski definition) is 5. The van der Waals surface area contributed by atoms with Crippen LogP contribution in [0.15, 0.2) is 12.4 Å². The van der Waals surface area contributed by atoms with E-state index in [4.69, 9.17) is 18.0 Å². The van der Waals surface area contributed by atoms with Crippen LogP contribution in [0.4, 0.5) is 5.82 Å². The molecule has 1 aromatic heterocycles. The van der Waals surface area contributed by atoms with E-state index in [0.717, 1.165) is 13.0 Å². The van der Waals surface area contributed by atoms with Crippen LogP contribution >= 0.6 is 24.0 Å². The average Bonchev–Trinajstić information content (AvgIpc) is 2.29. The Hall–Kier alpha value is -0.880. The standard InChI is InChI=1S/C10H16N4S2/c1-16-7-3-2-4-13-10-8(9(11)15)12-5-6-14-10/h5-6H,2-4,7H2,1H3,(H2,11,15)(H,13,14). The molecule has 1 aromatic rings. The normalized spacial score (nSPS) is 10.1. The number of thioether (sulfide) groups is 1. The van der Waals surface area contributed by atoms with Crippen molar-refractivity contribution < 1.29 is 0 Å². The van der Waals surface area contributed by atoms with Crippen molar-refractivity contribution in [3.63, 3.8) is 0 Å². The summed E-state index contributed by atoms with van der Waals surface area (Å²) < 4.78 is 0. The molecule has 0 radical (unpaired) electrons. The number of unbranched alkanes of at least 4 members (excludes halogenated alkanes) is 1. The summed E-state index contributed by atoms with van der Waals surface area (Å²) in [7, 11) is 0. The third kappa shape index (κ3) is 4.32. The SMILES string of the molecule is CSCCCCNc1nccnc1C(N)=S. The third-order valence-corrected chi connectivity index (χ3v) is 2.89. The van der Waals surface area contributed by atoms with E-state index in [1.165, 1.54) is 12.2 Å². The van der Waals surface area contributed by atoms with Gasteiger partial charge in [0, 0.05) is 18.9 Å². The van der Waals surface area contributed by atoms with Gasteiger partial charge in [0.1, 0.15) is 10.7 Å². The number of anilines is 1. The molecule has 0 saturated carbocycles. The number of rotatable bonds is 7. The van der Waals surface area contributed by atoms with E-state index in [1.807, 2.05) is 11.8 Å². The Labute approximate surface area is 105 Å². The molecular formula is C10H16N4S2. The van der Waals surface area contributed by atoms with Crippen molar-refractivity contribution in [3.05, 3.63) is 18.1 Å². The lowest BCUT2D eigenvalue weighted by Crippen LogP contribution is -2.16. The molecule has 1 rings (SSSR count). The Bertz CT molecular complexity index is 343. The Morgan fingerprint density at radius 1 is 1.44 bits per heavy atom. The number of hydrogen-bond donors (Lipinski definition) is 2. The van der Waals surface area contributed by atoms with Crippen molar-refractivity contribution >= 4 is 34.8 Å². The van der Waals surface area contributed by atoms with Gasteiger partial charge in [-0.15, -0.1) is 0 Å². The lowest BCUT2D eigenvalue weighted by molar-refractivity contribution is 0.838. The van der Waals surface area contributed by atoms with Gasteiger partial charge >= 0.3 is 0 Å². The topological polar surface area (TPSA) is 63.8 Å².